The normalized spacial score (nSPS) is 11.5. The van der Waals surface area contributed by atoms with Crippen LogP contribution >= 0.6 is 12.2 Å². The lowest BCUT2D eigenvalue weighted by molar-refractivity contribution is 0.483. The standard InChI is InChI=1S/C19H16N4O3S2/c1-23(2)18-10-9-16(14-5-3-4-6-15(14)18)21-22-17-8-7-13(20-12-27)11-19(17)28(24,25)26/h3-11H,1-2H3,(H,24,25,26). The van der Waals surface area contributed by atoms with Crippen LogP contribution in [-0.4, -0.2) is 32.2 Å². The molecule has 0 aliphatic heterocycles. The third-order valence-corrected chi connectivity index (χ3v) is 5.00. The van der Waals surface area contributed by atoms with Gasteiger partial charge >= 0.3 is 0 Å². The van der Waals surface area contributed by atoms with Crippen LogP contribution in [0, 0.1) is 0 Å². The van der Waals surface area contributed by atoms with Crippen LogP contribution in [0.5, 0.6) is 0 Å². The van der Waals surface area contributed by atoms with Gasteiger partial charge in [-0.15, -0.1) is 10.2 Å². The van der Waals surface area contributed by atoms with E-state index < -0.39 is 15.0 Å². The molecule has 0 spiro atoms. The summed E-state index contributed by atoms with van der Waals surface area (Å²) in [5.74, 6) is 0. The molecule has 0 fully saturated rings. The lowest BCUT2D eigenvalue weighted by Gasteiger charge is -2.16. The highest BCUT2D eigenvalue weighted by Crippen LogP contribution is 2.35. The molecule has 0 unspecified atom stereocenters. The molecule has 0 saturated carbocycles. The second-order valence-electron chi connectivity index (χ2n) is 6.07. The summed E-state index contributed by atoms with van der Waals surface area (Å²) in [6.07, 6.45) is 0. The van der Waals surface area contributed by atoms with Crippen LogP contribution in [0.2, 0.25) is 0 Å². The van der Waals surface area contributed by atoms with Crippen molar-refractivity contribution >= 4 is 61.0 Å². The summed E-state index contributed by atoms with van der Waals surface area (Å²) in [6.45, 7) is 0. The Morgan fingerprint density at radius 1 is 0.964 bits per heavy atom. The molecule has 0 amide bonds. The van der Waals surface area contributed by atoms with Crippen LogP contribution < -0.4 is 4.90 Å². The van der Waals surface area contributed by atoms with E-state index in [9.17, 15) is 13.0 Å². The van der Waals surface area contributed by atoms with Crippen LogP contribution in [0.15, 0.2) is 74.7 Å². The van der Waals surface area contributed by atoms with Crippen molar-refractivity contribution in [1.82, 2.24) is 0 Å². The Morgan fingerprint density at radius 3 is 2.25 bits per heavy atom. The largest absolute Gasteiger partial charge is 0.377 e. The summed E-state index contributed by atoms with van der Waals surface area (Å²) in [5, 5.41) is 12.3. The fraction of sp³-hybridized carbons (Fsp3) is 0.105. The minimum absolute atomic E-state index is 0.00779. The number of nitrogens with zero attached hydrogens (tertiary/aromatic N) is 4. The van der Waals surface area contributed by atoms with Crippen LogP contribution in [0.1, 0.15) is 0 Å². The maximum absolute atomic E-state index is 11.7. The molecule has 142 valence electrons. The van der Waals surface area contributed by atoms with Gasteiger partial charge < -0.3 is 4.90 Å². The smallest absolute Gasteiger partial charge is 0.296 e. The molecule has 0 heterocycles. The molecule has 3 aromatic rings. The van der Waals surface area contributed by atoms with Gasteiger partial charge in [-0.3, -0.25) is 4.55 Å². The van der Waals surface area contributed by atoms with Gasteiger partial charge in [0.05, 0.1) is 16.5 Å². The van der Waals surface area contributed by atoms with Crippen LogP contribution in [0.4, 0.5) is 22.7 Å². The highest BCUT2D eigenvalue weighted by molar-refractivity contribution is 7.86. The second kappa shape index (κ2) is 7.95. The Morgan fingerprint density at radius 2 is 1.61 bits per heavy atom. The third-order valence-electron chi connectivity index (χ3n) is 4.02. The molecule has 28 heavy (non-hydrogen) atoms. The molecule has 7 nitrogen and oxygen atoms in total. The first kappa shape index (κ1) is 19.8. The molecule has 0 bridgehead atoms. The minimum Gasteiger partial charge on any atom is -0.377 e. The van der Waals surface area contributed by atoms with Crippen molar-refractivity contribution in [3.8, 4) is 0 Å². The van der Waals surface area contributed by atoms with Gasteiger partial charge in [0.1, 0.15) is 10.6 Å². The number of hydrogen-bond donors (Lipinski definition) is 1. The molecular formula is C19H16N4O3S2. The predicted octanol–water partition coefficient (Wildman–Crippen LogP) is 5.30. The zero-order chi connectivity index (χ0) is 20.3. The van der Waals surface area contributed by atoms with Crippen molar-refractivity contribution in [2.24, 2.45) is 15.2 Å². The summed E-state index contributed by atoms with van der Waals surface area (Å²) in [4.78, 5) is 5.31. The van der Waals surface area contributed by atoms with E-state index in [1.807, 2.05) is 49.3 Å². The van der Waals surface area contributed by atoms with E-state index in [1.54, 1.807) is 6.07 Å². The van der Waals surface area contributed by atoms with Gasteiger partial charge in [0.15, 0.2) is 0 Å². The first-order valence-electron chi connectivity index (χ1n) is 8.11. The molecule has 0 atom stereocenters. The van der Waals surface area contributed by atoms with Crippen LogP contribution in [-0.2, 0) is 10.1 Å². The average Bonchev–Trinajstić information content (AvgIpc) is 2.66. The van der Waals surface area contributed by atoms with Crippen molar-refractivity contribution in [1.29, 1.82) is 0 Å². The Labute approximate surface area is 167 Å². The maximum Gasteiger partial charge on any atom is 0.296 e. The number of anilines is 1. The third kappa shape index (κ3) is 4.13. The first-order chi connectivity index (χ1) is 13.3. The Hall–Kier alpha value is -2.97. The summed E-state index contributed by atoms with van der Waals surface area (Å²) in [6, 6.07) is 15.5. The molecule has 0 aliphatic carbocycles. The van der Waals surface area contributed by atoms with Gasteiger partial charge in [-0.1, -0.05) is 24.3 Å². The summed E-state index contributed by atoms with van der Waals surface area (Å²) >= 11 is 4.52. The van der Waals surface area contributed by atoms with E-state index in [4.69, 9.17) is 0 Å². The number of hydrogen-bond acceptors (Lipinski definition) is 7. The van der Waals surface area contributed by atoms with E-state index in [1.165, 1.54) is 12.1 Å². The molecular weight excluding hydrogens is 396 g/mol. The van der Waals surface area contributed by atoms with Crippen LogP contribution in [0.3, 0.4) is 0 Å². The monoisotopic (exact) mass is 412 g/mol. The number of thiocarbonyl (C=S) groups is 1. The van der Waals surface area contributed by atoms with Crippen molar-refractivity contribution in [2.45, 2.75) is 4.90 Å². The zero-order valence-corrected chi connectivity index (χ0v) is 16.7. The molecule has 3 aromatic carbocycles. The number of rotatable bonds is 5. The molecule has 0 aliphatic rings. The lowest BCUT2D eigenvalue weighted by atomic mass is 10.1. The Kier molecular flexibility index (Phi) is 5.62. The molecule has 0 saturated heterocycles. The quantitative estimate of drug-likeness (QED) is 0.265. The fourth-order valence-electron chi connectivity index (χ4n) is 2.77. The molecule has 0 radical (unpaired) electrons. The first-order valence-corrected chi connectivity index (χ1v) is 9.96. The van der Waals surface area contributed by atoms with Gasteiger partial charge in [-0.05, 0) is 42.5 Å². The van der Waals surface area contributed by atoms with Crippen molar-refractivity contribution < 1.29 is 13.0 Å². The van der Waals surface area contributed by atoms with E-state index in [-0.39, 0.29) is 11.4 Å². The second-order valence-corrected chi connectivity index (χ2v) is 7.65. The van der Waals surface area contributed by atoms with Gasteiger partial charge in [0.25, 0.3) is 10.1 Å². The minimum atomic E-state index is -4.52. The number of azo groups is 1. The van der Waals surface area contributed by atoms with Crippen molar-refractivity contribution in [3.05, 3.63) is 54.6 Å². The molecule has 0 aromatic heterocycles. The van der Waals surface area contributed by atoms with Gasteiger partial charge in [-0.2, -0.15) is 13.4 Å². The van der Waals surface area contributed by atoms with Crippen LogP contribution in [0.25, 0.3) is 10.8 Å². The SMILES string of the molecule is CN(C)c1ccc(N=Nc2ccc(N=C=S)cc2S(=O)(=O)O)c2ccccc12. The van der Waals surface area contributed by atoms with Crippen molar-refractivity contribution in [2.75, 3.05) is 19.0 Å². The van der Waals surface area contributed by atoms with Gasteiger partial charge in [0.2, 0.25) is 0 Å². The van der Waals surface area contributed by atoms with E-state index in [0.717, 1.165) is 22.5 Å². The van der Waals surface area contributed by atoms with E-state index in [2.05, 4.69) is 32.6 Å². The Bertz CT molecular complexity index is 1230. The Balaban J connectivity index is 2.13. The van der Waals surface area contributed by atoms with Gasteiger partial charge in [-0.25, -0.2) is 0 Å². The summed E-state index contributed by atoms with van der Waals surface area (Å²) < 4.78 is 32.9. The molecule has 3 rings (SSSR count). The van der Waals surface area contributed by atoms with E-state index >= 15 is 0 Å². The summed E-state index contributed by atoms with van der Waals surface area (Å²) in [7, 11) is -0.621. The van der Waals surface area contributed by atoms with Gasteiger partial charge in [0, 0.05) is 30.6 Å². The number of aliphatic imine (C=N–C) groups is 1. The maximum atomic E-state index is 11.7. The molecule has 9 heteroatoms. The highest BCUT2D eigenvalue weighted by Gasteiger charge is 2.17. The molecule has 1 N–H and O–H groups in total. The van der Waals surface area contributed by atoms with Crippen molar-refractivity contribution in [3.63, 3.8) is 0 Å². The zero-order valence-electron chi connectivity index (χ0n) is 15.1. The van der Waals surface area contributed by atoms with E-state index in [0.29, 0.717) is 5.69 Å². The average molecular weight is 412 g/mol. The lowest BCUT2D eigenvalue weighted by Crippen LogP contribution is -2.08. The predicted molar refractivity (Wildman–Crippen MR) is 113 cm³/mol. The number of isothiocyanates is 1. The number of fused-ring (bicyclic) bond motifs is 1. The number of benzene rings is 3. The summed E-state index contributed by atoms with van der Waals surface area (Å²) in [5.41, 5.74) is 1.83. The topological polar surface area (TPSA) is 94.7 Å². The highest BCUT2D eigenvalue weighted by atomic mass is 32.2. The fourth-order valence-corrected chi connectivity index (χ4v) is 3.51.